The number of aryl methyl sites for hydroxylation is 1. The highest BCUT2D eigenvalue weighted by atomic mass is 16.6. The fourth-order valence-electron chi connectivity index (χ4n) is 3.27. The van der Waals surface area contributed by atoms with Gasteiger partial charge in [-0.2, -0.15) is 5.10 Å². The minimum absolute atomic E-state index is 0.0794. The number of hydrogen-bond donors (Lipinski definition) is 1. The molecule has 4 rings (SSSR count). The van der Waals surface area contributed by atoms with Crippen LogP contribution in [0.15, 0.2) is 73.1 Å². The average molecular weight is 386 g/mol. The highest BCUT2D eigenvalue weighted by Gasteiger charge is 2.15. The van der Waals surface area contributed by atoms with Gasteiger partial charge in [-0.1, -0.05) is 48.5 Å². The van der Waals surface area contributed by atoms with Gasteiger partial charge in [0.15, 0.2) is 0 Å². The molecule has 29 heavy (non-hydrogen) atoms. The zero-order chi connectivity index (χ0) is 20.4. The number of anilines is 1. The maximum atomic E-state index is 12.5. The molecule has 1 N–H and O–H groups in total. The summed E-state index contributed by atoms with van der Waals surface area (Å²) < 4.78 is 1.75. The highest BCUT2D eigenvalue weighted by Crippen LogP contribution is 2.21. The summed E-state index contributed by atoms with van der Waals surface area (Å²) in [5.74, 6) is -0.419. The number of aromatic nitrogens is 2. The maximum Gasteiger partial charge on any atom is 0.273 e. The Balaban J connectivity index is 1.52. The van der Waals surface area contributed by atoms with E-state index in [4.69, 9.17) is 0 Å². The molecular formula is C22H18N4O3. The Morgan fingerprint density at radius 1 is 1.14 bits per heavy atom. The van der Waals surface area contributed by atoms with Crippen LogP contribution < -0.4 is 5.32 Å². The summed E-state index contributed by atoms with van der Waals surface area (Å²) >= 11 is 0. The van der Waals surface area contributed by atoms with Gasteiger partial charge < -0.3 is 5.32 Å². The summed E-state index contributed by atoms with van der Waals surface area (Å²) in [5.41, 5.74) is 2.31. The molecule has 7 heteroatoms. The third-order valence-electron chi connectivity index (χ3n) is 4.77. The van der Waals surface area contributed by atoms with Crippen molar-refractivity contribution in [3.05, 3.63) is 99.9 Å². The van der Waals surface area contributed by atoms with E-state index in [0.717, 1.165) is 16.3 Å². The van der Waals surface area contributed by atoms with Crippen LogP contribution in [0.4, 0.5) is 11.4 Å². The molecule has 1 amide bonds. The van der Waals surface area contributed by atoms with Crippen LogP contribution in [0.3, 0.4) is 0 Å². The van der Waals surface area contributed by atoms with Crippen molar-refractivity contribution in [2.24, 2.45) is 0 Å². The van der Waals surface area contributed by atoms with Crippen LogP contribution in [0.2, 0.25) is 0 Å². The maximum absolute atomic E-state index is 12.5. The lowest BCUT2D eigenvalue weighted by molar-refractivity contribution is -0.385. The quantitative estimate of drug-likeness (QED) is 0.402. The van der Waals surface area contributed by atoms with Gasteiger partial charge in [-0.3, -0.25) is 19.6 Å². The largest absolute Gasteiger partial charge is 0.319 e. The molecule has 3 aromatic carbocycles. The molecular weight excluding hydrogens is 368 g/mol. The molecule has 0 spiro atoms. The summed E-state index contributed by atoms with van der Waals surface area (Å²) in [5, 5.41) is 20.5. The van der Waals surface area contributed by atoms with E-state index in [1.807, 2.05) is 24.3 Å². The third-order valence-corrected chi connectivity index (χ3v) is 4.77. The van der Waals surface area contributed by atoms with Gasteiger partial charge in [-0.05, 0) is 29.3 Å². The molecule has 0 radical (unpaired) electrons. The van der Waals surface area contributed by atoms with E-state index in [1.54, 1.807) is 36.1 Å². The first-order chi connectivity index (χ1) is 14.0. The molecule has 0 saturated carbocycles. The molecule has 0 unspecified atom stereocenters. The Morgan fingerprint density at radius 3 is 2.76 bits per heavy atom. The third kappa shape index (κ3) is 3.84. The minimum atomic E-state index is -0.492. The number of carbonyl (C=O) groups excluding carboxylic acids is 1. The van der Waals surface area contributed by atoms with E-state index < -0.39 is 10.8 Å². The zero-order valence-electron chi connectivity index (χ0n) is 15.7. The molecule has 7 nitrogen and oxygen atoms in total. The summed E-state index contributed by atoms with van der Waals surface area (Å²) in [4.78, 5) is 23.1. The second-order valence-corrected chi connectivity index (χ2v) is 6.78. The smallest absolute Gasteiger partial charge is 0.273 e. The van der Waals surface area contributed by atoms with E-state index in [9.17, 15) is 14.9 Å². The Morgan fingerprint density at radius 2 is 1.93 bits per heavy atom. The normalized spacial score (nSPS) is 10.8. The molecule has 4 aromatic rings. The van der Waals surface area contributed by atoms with Gasteiger partial charge in [0.1, 0.15) is 0 Å². The predicted octanol–water partition coefficient (Wildman–Crippen LogP) is 4.55. The van der Waals surface area contributed by atoms with E-state index in [0.29, 0.717) is 17.8 Å². The van der Waals surface area contributed by atoms with Crippen molar-refractivity contribution in [1.29, 1.82) is 0 Å². The van der Waals surface area contributed by atoms with Crippen molar-refractivity contribution in [3.63, 3.8) is 0 Å². The lowest BCUT2D eigenvalue weighted by Crippen LogP contribution is -2.12. The minimum Gasteiger partial charge on any atom is -0.319 e. The topological polar surface area (TPSA) is 90.1 Å². The van der Waals surface area contributed by atoms with Crippen LogP contribution in [0, 0.1) is 17.0 Å². The Bertz CT molecular complexity index is 1220. The molecule has 0 bridgehead atoms. The molecule has 0 saturated heterocycles. The predicted molar refractivity (Wildman–Crippen MR) is 111 cm³/mol. The standard InChI is InChI=1S/C22H18N4O3/c1-15-9-10-17(11-21(15)26(28)29)22(27)24-19-12-23-25(14-19)13-18-7-4-6-16-5-2-3-8-20(16)18/h2-12,14H,13H2,1H3,(H,24,27). The first-order valence-corrected chi connectivity index (χ1v) is 9.07. The fourth-order valence-corrected chi connectivity index (χ4v) is 3.27. The number of carbonyl (C=O) groups is 1. The van der Waals surface area contributed by atoms with Crippen LogP contribution in [-0.4, -0.2) is 20.6 Å². The highest BCUT2D eigenvalue weighted by molar-refractivity contribution is 6.04. The van der Waals surface area contributed by atoms with Gasteiger partial charge in [0.2, 0.25) is 0 Å². The van der Waals surface area contributed by atoms with Crippen LogP contribution in [0.1, 0.15) is 21.5 Å². The molecule has 1 heterocycles. The van der Waals surface area contributed by atoms with Gasteiger partial charge in [-0.25, -0.2) is 0 Å². The Labute approximate surface area is 166 Å². The van der Waals surface area contributed by atoms with E-state index >= 15 is 0 Å². The number of benzene rings is 3. The monoisotopic (exact) mass is 386 g/mol. The molecule has 0 atom stereocenters. The van der Waals surface area contributed by atoms with Gasteiger partial charge >= 0.3 is 0 Å². The SMILES string of the molecule is Cc1ccc(C(=O)Nc2cnn(Cc3cccc4ccccc34)c2)cc1[N+](=O)[O-]. The zero-order valence-corrected chi connectivity index (χ0v) is 15.7. The summed E-state index contributed by atoms with van der Waals surface area (Å²) in [6, 6.07) is 18.7. The lowest BCUT2D eigenvalue weighted by atomic mass is 10.0. The fraction of sp³-hybridized carbons (Fsp3) is 0.0909. The van der Waals surface area contributed by atoms with Crippen molar-refractivity contribution >= 4 is 28.1 Å². The Hall–Kier alpha value is -4.00. The average Bonchev–Trinajstić information content (AvgIpc) is 3.15. The van der Waals surface area contributed by atoms with E-state index in [1.165, 1.54) is 6.07 Å². The van der Waals surface area contributed by atoms with Crippen LogP contribution in [-0.2, 0) is 6.54 Å². The number of hydrogen-bond acceptors (Lipinski definition) is 4. The number of fused-ring (bicyclic) bond motifs is 1. The van der Waals surface area contributed by atoms with Gasteiger partial charge in [0.25, 0.3) is 11.6 Å². The van der Waals surface area contributed by atoms with Gasteiger partial charge in [-0.15, -0.1) is 0 Å². The molecule has 1 aromatic heterocycles. The number of rotatable bonds is 5. The Kier molecular flexibility index (Phi) is 4.78. The molecule has 0 fully saturated rings. The summed E-state index contributed by atoms with van der Waals surface area (Å²) in [7, 11) is 0. The van der Waals surface area contributed by atoms with Crippen LogP contribution in [0.25, 0.3) is 10.8 Å². The van der Waals surface area contributed by atoms with Crippen LogP contribution >= 0.6 is 0 Å². The van der Waals surface area contributed by atoms with Gasteiger partial charge in [0, 0.05) is 23.4 Å². The van der Waals surface area contributed by atoms with Crippen molar-refractivity contribution in [2.45, 2.75) is 13.5 Å². The number of nitro groups is 1. The van der Waals surface area contributed by atoms with Crippen LogP contribution in [0.5, 0.6) is 0 Å². The summed E-state index contributed by atoms with van der Waals surface area (Å²) in [6.07, 6.45) is 3.30. The van der Waals surface area contributed by atoms with E-state index in [-0.39, 0.29) is 11.3 Å². The van der Waals surface area contributed by atoms with Gasteiger partial charge in [0.05, 0.1) is 23.4 Å². The van der Waals surface area contributed by atoms with E-state index in [2.05, 4.69) is 28.6 Å². The lowest BCUT2D eigenvalue weighted by Gasteiger charge is -2.07. The second kappa shape index (κ2) is 7.55. The van der Waals surface area contributed by atoms with Crippen molar-refractivity contribution < 1.29 is 9.72 Å². The number of nitrogens with one attached hydrogen (secondary N) is 1. The number of nitrogens with zero attached hydrogens (tertiary/aromatic N) is 3. The van der Waals surface area contributed by atoms with Crippen molar-refractivity contribution in [3.8, 4) is 0 Å². The first kappa shape index (κ1) is 18.4. The number of amides is 1. The summed E-state index contributed by atoms with van der Waals surface area (Å²) in [6.45, 7) is 2.20. The molecule has 144 valence electrons. The second-order valence-electron chi connectivity index (χ2n) is 6.78. The number of nitro benzene ring substituents is 1. The molecule has 0 aliphatic rings. The molecule has 0 aliphatic carbocycles. The van der Waals surface area contributed by atoms with Crippen molar-refractivity contribution in [1.82, 2.24) is 9.78 Å². The van der Waals surface area contributed by atoms with Crippen molar-refractivity contribution in [2.75, 3.05) is 5.32 Å². The molecule has 0 aliphatic heterocycles. The first-order valence-electron chi connectivity index (χ1n) is 9.07.